The molecule has 0 aliphatic rings. The van der Waals surface area contributed by atoms with E-state index >= 15 is 0 Å². The molecule has 9 nitrogen and oxygen atoms in total. The van der Waals surface area contributed by atoms with Crippen LogP contribution in [0.4, 0.5) is 10.2 Å². The SMILES string of the molecule is Cc1ccn2nc([C@H](C)Nc3ncnc4[nH]cc(-c5c(O)cccc5F)c34)n(-c3ccccc3)c(=O)c12. The molecule has 0 spiro atoms. The van der Waals surface area contributed by atoms with Crippen LogP contribution in [-0.4, -0.2) is 34.2 Å². The van der Waals surface area contributed by atoms with Crippen LogP contribution < -0.4 is 10.9 Å². The number of benzene rings is 2. The number of phenolic OH excluding ortho intramolecular Hbond substituents is 1. The molecule has 4 heterocycles. The standard InChI is InChI=1S/C27H22FN7O2/c1-15-11-12-34-23(15)27(37)35(17-7-4-3-5-8-17)26(33-34)16(2)32-25-22-18(13-29-24(22)30-14-31-25)21-19(28)9-6-10-20(21)36/h3-14,16,36H,1-2H3,(H2,29,30,31,32)/t16-/m0/s1. The van der Waals surface area contributed by atoms with Gasteiger partial charge < -0.3 is 15.4 Å². The van der Waals surface area contributed by atoms with Gasteiger partial charge in [-0.3, -0.25) is 9.36 Å². The number of aromatic nitrogens is 6. The number of hydrogen-bond donors (Lipinski definition) is 3. The van der Waals surface area contributed by atoms with Crippen molar-refractivity contribution in [2.45, 2.75) is 19.9 Å². The molecule has 0 fully saturated rings. The number of phenols is 1. The lowest BCUT2D eigenvalue weighted by Crippen LogP contribution is -2.29. The van der Waals surface area contributed by atoms with Crippen LogP contribution in [0.2, 0.25) is 0 Å². The van der Waals surface area contributed by atoms with Crippen LogP contribution in [0.25, 0.3) is 33.4 Å². The summed E-state index contributed by atoms with van der Waals surface area (Å²) in [4.78, 5) is 25.3. The van der Waals surface area contributed by atoms with Crippen LogP contribution in [0.5, 0.6) is 5.75 Å². The van der Waals surface area contributed by atoms with Gasteiger partial charge >= 0.3 is 0 Å². The van der Waals surface area contributed by atoms with Crippen LogP contribution in [0, 0.1) is 12.7 Å². The number of aromatic amines is 1. The summed E-state index contributed by atoms with van der Waals surface area (Å²) in [6.07, 6.45) is 4.72. The van der Waals surface area contributed by atoms with Gasteiger partial charge in [0.1, 0.15) is 34.9 Å². The number of halogens is 1. The second kappa shape index (κ2) is 8.59. The van der Waals surface area contributed by atoms with Gasteiger partial charge in [-0.2, -0.15) is 5.10 Å². The first-order valence-corrected chi connectivity index (χ1v) is 11.7. The highest BCUT2D eigenvalue weighted by molar-refractivity contribution is 6.02. The summed E-state index contributed by atoms with van der Waals surface area (Å²) in [7, 11) is 0. The topological polar surface area (TPSA) is 113 Å². The van der Waals surface area contributed by atoms with Crippen LogP contribution in [0.3, 0.4) is 0 Å². The van der Waals surface area contributed by atoms with Crippen molar-refractivity contribution in [3.05, 3.63) is 101 Å². The molecule has 2 aromatic carbocycles. The predicted octanol–water partition coefficient (Wildman–Crippen LogP) is 4.75. The van der Waals surface area contributed by atoms with Gasteiger partial charge in [0.15, 0.2) is 5.82 Å². The normalized spacial score (nSPS) is 12.3. The molecule has 4 aromatic heterocycles. The number of fused-ring (bicyclic) bond motifs is 2. The van der Waals surface area contributed by atoms with Gasteiger partial charge in [-0.25, -0.2) is 18.9 Å². The van der Waals surface area contributed by atoms with Crippen molar-refractivity contribution in [2.75, 3.05) is 5.32 Å². The number of H-pyrrole nitrogens is 1. The van der Waals surface area contributed by atoms with Gasteiger partial charge in [-0.15, -0.1) is 0 Å². The molecule has 10 heteroatoms. The van der Waals surface area contributed by atoms with Gasteiger partial charge in [0.2, 0.25) is 0 Å². The molecular weight excluding hydrogens is 473 g/mol. The van der Waals surface area contributed by atoms with Gasteiger partial charge in [-0.1, -0.05) is 24.3 Å². The van der Waals surface area contributed by atoms with E-state index in [2.05, 4.69) is 20.3 Å². The smallest absolute Gasteiger partial charge is 0.282 e. The van der Waals surface area contributed by atoms with Crippen LogP contribution in [-0.2, 0) is 0 Å². The van der Waals surface area contributed by atoms with Crippen molar-refractivity contribution >= 4 is 22.4 Å². The average molecular weight is 496 g/mol. The zero-order valence-corrected chi connectivity index (χ0v) is 20.0. The molecule has 0 saturated heterocycles. The van der Waals surface area contributed by atoms with Gasteiger partial charge in [0.25, 0.3) is 5.56 Å². The molecule has 184 valence electrons. The number of para-hydroxylation sites is 1. The summed E-state index contributed by atoms with van der Waals surface area (Å²) in [5.41, 5.74) is 2.72. The van der Waals surface area contributed by atoms with Gasteiger partial charge in [-0.05, 0) is 49.7 Å². The Hall–Kier alpha value is -4.99. The van der Waals surface area contributed by atoms with E-state index in [0.717, 1.165) is 5.56 Å². The highest BCUT2D eigenvalue weighted by Crippen LogP contribution is 2.39. The lowest BCUT2D eigenvalue weighted by Gasteiger charge is -2.20. The number of hydrogen-bond acceptors (Lipinski definition) is 6. The monoisotopic (exact) mass is 495 g/mol. The van der Waals surface area contributed by atoms with Crippen LogP contribution in [0.15, 0.2) is 78.1 Å². The van der Waals surface area contributed by atoms with Crippen molar-refractivity contribution in [1.29, 1.82) is 0 Å². The highest BCUT2D eigenvalue weighted by Gasteiger charge is 2.23. The Labute approximate surface area is 209 Å². The fraction of sp³-hybridized carbons (Fsp3) is 0.111. The lowest BCUT2D eigenvalue weighted by molar-refractivity contribution is 0.472. The average Bonchev–Trinajstić information content (AvgIpc) is 3.49. The van der Waals surface area contributed by atoms with E-state index in [4.69, 9.17) is 5.10 Å². The minimum absolute atomic E-state index is 0.0443. The molecule has 0 aliphatic carbocycles. The Kier molecular flexibility index (Phi) is 5.22. The number of aromatic hydroxyl groups is 1. The van der Waals surface area contributed by atoms with Crippen molar-refractivity contribution in [2.24, 2.45) is 0 Å². The molecule has 0 radical (unpaired) electrons. The van der Waals surface area contributed by atoms with E-state index in [9.17, 15) is 14.3 Å². The maximum absolute atomic E-state index is 14.8. The maximum atomic E-state index is 14.8. The number of anilines is 1. The highest BCUT2D eigenvalue weighted by atomic mass is 19.1. The minimum atomic E-state index is -0.572. The summed E-state index contributed by atoms with van der Waals surface area (Å²) in [5, 5.41) is 19.0. The molecule has 0 unspecified atom stereocenters. The van der Waals surface area contributed by atoms with E-state index in [1.165, 1.54) is 24.5 Å². The second-order valence-corrected chi connectivity index (χ2v) is 8.77. The molecule has 0 amide bonds. The first-order valence-electron chi connectivity index (χ1n) is 11.7. The number of rotatable bonds is 5. The summed E-state index contributed by atoms with van der Waals surface area (Å²) in [6.45, 7) is 3.74. The second-order valence-electron chi connectivity index (χ2n) is 8.77. The summed E-state index contributed by atoms with van der Waals surface area (Å²) < 4.78 is 17.9. The quantitative estimate of drug-likeness (QED) is 0.318. The number of nitrogens with zero attached hydrogens (tertiary/aromatic N) is 5. The van der Waals surface area contributed by atoms with Gasteiger partial charge in [0.05, 0.1) is 22.7 Å². The van der Waals surface area contributed by atoms with Gasteiger partial charge in [0, 0.05) is 18.0 Å². The molecule has 0 aliphatic heterocycles. The fourth-order valence-corrected chi connectivity index (χ4v) is 4.66. The first-order chi connectivity index (χ1) is 17.9. The van der Waals surface area contributed by atoms with E-state index in [1.807, 2.05) is 50.2 Å². The lowest BCUT2D eigenvalue weighted by atomic mass is 10.0. The molecule has 37 heavy (non-hydrogen) atoms. The number of nitrogens with one attached hydrogen (secondary N) is 2. The molecular formula is C27H22FN7O2. The van der Waals surface area contributed by atoms with Crippen LogP contribution in [0.1, 0.15) is 24.4 Å². The molecule has 6 aromatic rings. The maximum Gasteiger partial charge on any atom is 0.282 e. The third-order valence-electron chi connectivity index (χ3n) is 6.40. The molecule has 1 atom stereocenters. The summed E-state index contributed by atoms with van der Waals surface area (Å²) in [5.74, 6) is 0.0828. The Morgan fingerprint density at radius 1 is 1.08 bits per heavy atom. The zero-order valence-electron chi connectivity index (χ0n) is 20.0. The van der Waals surface area contributed by atoms with E-state index in [1.54, 1.807) is 21.5 Å². The van der Waals surface area contributed by atoms with E-state index < -0.39 is 11.9 Å². The largest absolute Gasteiger partial charge is 0.507 e. The Balaban J connectivity index is 1.52. The summed E-state index contributed by atoms with van der Waals surface area (Å²) >= 11 is 0. The predicted molar refractivity (Wildman–Crippen MR) is 139 cm³/mol. The zero-order chi connectivity index (χ0) is 25.7. The third kappa shape index (κ3) is 3.61. The molecule has 3 N–H and O–H groups in total. The van der Waals surface area contributed by atoms with E-state index in [-0.39, 0.29) is 16.9 Å². The van der Waals surface area contributed by atoms with Crippen LogP contribution >= 0.6 is 0 Å². The minimum Gasteiger partial charge on any atom is -0.507 e. The van der Waals surface area contributed by atoms with E-state index in [0.29, 0.717) is 39.4 Å². The third-order valence-corrected chi connectivity index (χ3v) is 6.40. The Morgan fingerprint density at radius 3 is 2.68 bits per heavy atom. The molecule has 0 saturated carbocycles. The van der Waals surface area contributed by atoms with Crippen molar-refractivity contribution in [3.8, 4) is 22.6 Å². The Morgan fingerprint density at radius 2 is 1.89 bits per heavy atom. The summed E-state index contributed by atoms with van der Waals surface area (Å²) in [6, 6.07) is 14.8. The molecule has 6 rings (SSSR count). The number of aryl methyl sites for hydroxylation is 1. The first kappa shape index (κ1) is 22.5. The van der Waals surface area contributed by atoms with Crippen molar-refractivity contribution in [1.82, 2.24) is 29.1 Å². The molecule has 0 bridgehead atoms. The Bertz CT molecular complexity index is 1820. The van der Waals surface area contributed by atoms with Crippen molar-refractivity contribution < 1.29 is 9.50 Å². The van der Waals surface area contributed by atoms with Crippen molar-refractivity contribution in [3.63, 3.8) is 0 Å². The fourth-order valence-electron chi connectivity index (χ4n) is 4.66.